The smallest absolute Gasteiger partial charge is 0.243 e. The Hall–Kier alpha value is -1.51. The van der Waals surface area contributed by atoms with Gasteiger partial charge in [-0.15, -0.1) is 24.0 Å². The molecule has 0 bridgehead atoms. The molecule has 0 aliphatic heterocycles. The maximum Gasteiger partial charge on any atom is 0.243 e. The highest BCUT2D eigenvalue weighted by molar-refractivity contribution is 14.0. The van der Waals surface area contributed by atoms with Crippen LogP contribution in [0.25, 0.3) is 0 Å². The van der Waals surface area contributed by atoms with E-state index in [1.807, 2.05) is 6.92 Å². The standard InChI is InChI=1S/C20H32N4O2.HI/c1-15-9-10-16(13-18(15)26-4)11-12-21-20(22-14-19(25)24(2)3)23-17-7-5-6-8-17;/h9-10,13,17H,5-8,11-12,14H2,1-4H3,(H2,21,22,23);1H. The molecular weight excluding hydrogens is 455 g/mol. The lowest BCUT2D eigenvalue weighted by molar-refractivity contribution is -0.127. The van der Waals surface area contributed by atoms with Crippen LogP contribution >= 0.6 is 24.0 Å². The van der Waals surface area contributed by atoms with Crippen LogP contribution in [0.5, 0.6) is 5.75 Å². The molecule has 2 rings (SSSR count). The number of aryl methyl sites for hydroxylation is 1. The Balaban J connectivity index is 0.00000364. The minimum atomic E-state index is 0. The molecule has 0 unspecified atom stereocenters. The molecule has 1 saturated carbocycles. The van der Waals surface area contributed by atoms with Crippen molar-refractivity contribution >= 4 is 35.8 Å². The monoisotopic (exact) mass is 488 g/mol. The zero-order chi connectivity index (χ0) is 18.9. The Morgan fingerprint density at radius 2 is 2.00 bits per heavy atom. The summed E-state index contributed by atoms with van der Waals surface area (Å²) >= 11 is 0. The number of ether oxygens (including phenoxy) is 1. The van der Waals surface area contributed by atoms with Gasteiger partial charge in [0.2, 0.25) is 5.91 Å². The van der Waals surface area contributed by atoms with Crippen molar-refractivity contribution < 1.29 is 9.53 Å². The molecule has 0 saturated heterocycles. The van der Waals surface area contributed by atoms with E-state index in [1.165, 1.54) is 18.4 Å². The maximum absolute atomic E-state index is 11.8. The number of methoxy groups -OCH3 is 1. The average Bonchev–Trinajstić information content (AvgIpc) is 3.13. The van der Waals surface area contributed by atoms with Crippen LogP contribution in [0.2, 0.25) is 0 Å². The summed E-state index contributed by atoms with van der Waals surface area (Å²) in [7, 11) is 5.20. The lowest BCUT2D eigenvalue weighted by atomic mass is 10.1. The van der Waals surface area contributed by atoms with Crippen molar-refractivity contribution in [3.05, 3.63) is 29.3 Å². The van der Waals surface area contributed by atoms with Crippen molar-refractivity contribution in [3.8, 4) is 5.75 Å². The second-order valence-electron chi connectivity index (χ2n) is 7.06. The van der Waals surface area contributed by atoms with Gasteiger partial charge in [0.15, 0.2) is 5.96 Å². The van der Waals surface area contributed by atoms with Crippen LogP contribution < -0.4 is 15.4 Å². The summed E-state index contributed by atoms with van der Waals surface area (Å²) in [6, 6.07) is 6.73. The first-order chi connectivity index (χ1) is 12.5. The molecule has 1 fully saturated rings. The molecular formula is C20H33IN4O2. The van der Waals surface area contributed by atoms with Crippen molar-refractivity contribution in [1.82, 2.24) is 15.5 Å². The van der Waals surface area contributed by atoms with Crippen LogP contribution in [0.15, 0.2) is 23.2 Å². The van der Waals surface area contributed by atoms with Crippen LogP contribution in [0.1, 0.15) is 36.8 Å². The summed E-state index contributed by atoms with van der Waals surface area (Å²) in [5.74, 6) is 1.64. The molecule has 0 atom stereocenters. The lowest BCUT2D eigenvalue weighted by Gasteiger charge is -2.18. The zero-order valence-electron chi connectivity index (χ0n) is 16.9. The van der Waals surface area contributed by atoms with Gasteiger partial charge in [-0.3, -0.25) is 4.79 Å². The topological polar surface area (TPSA) is 66.0 Å². The van der Waals surface area contributed by atoms with Crippen molar-refractivity contribution in [1.29, 1.82) is 0 Å². The third-order valence-corrected chi connectivity index (χ3v) is 4.75. The van der Waals surface area contributed by atoms with Crippen LogP contribution in [0.4, 0.5) is 0 Å². The van der Waals surface area contributed by atoms with E-state index >= 15 is 0 Å². The number of hydrogen-bond acceptors (Lipinski definition) is 3. The largest absolute Gasteiger partial charge is 0.496 e. The molecule has 7 heteroatoms. The molecule has 152 valence electrons. The number of aliphatic imine (C=N–C) groups is 1. The molecule has 0 heterocycles. The first-order valence-corrected chi connectivity index (χ1v) is 9.38. The fraction of sp³-hybridized carbons (Fsp3) is 0.600. The van der Waals surface area contributed by atoms with E-state index in [0.717, 1.165) is 43.1 Å². The predicted molar refractivity (Wildman–Crippen MR) is 121 cm³/mol. The van der Waals surface area contributed by atoms with Gasteiger partial charge >= 0.3 is 0 Å². The van der Waals surface area contributed by atoms with Gasteiger partial charge in [-0.25, -0.2) is 4.99 Å². The quantitative estimate of drug-likeness (QED) is 0.352. The van der Waals surface area contributed by atoms with Crippen LogP contribution in [0, 0.1) is 6.92 Å². The molecule has 0 spiro atoms. The van der Waals surface area contributed by atoms with Crippen LogP contribution in [0.3, 0.4) is 0 Å². The lowest BCUT2D eigenvalue weighted by Crippen LogP contribution is -2.43. The van der Waals surface area contributed by atoms with Crippen molar-refractivity contribution in [2.75, 3.05) is 34.3 Å². The minimum absolute atomic E-state index is 0. The second-order valence-corrected chi connectivity index (χ2v) is 7.06. The van der Waals surface area contributed by atoms with E-state index in [0.29, 0.717) is 6.04 Å². The first-order valence-electron chi connectivity index (χ1n) is 9.38. The second kappa shape index (κ2) is 12.0. The van der Waals surface area contributed by atoms with Crippen LogP contribution in [-0.2, 0) is 11.2 Å². The van der Waals surface area contributed by atoms with E-state index in [9.17, 15) is 4.79 Å². The molecule has 0 aromatic heterocycles. The molecule has 1 aromatic carbocycles. The average molecular weight is 488 g/mol. The molecule has 27 heavy (non-hydrogen) atoms. The first kappa shape index (κ1) is 23.5. The van der Waals surface area contributed by atoms with Crippen molar-refractivity contribution in [3.63, 3.8) is 0 Å². The Kier molecular flexibility index (Phi) is 10.5. The van der Waals surface area contributed by atoms with Crippen LogP contribution in [-0.4, -0.2) is 57.1 Å². The van der Waals surface area contributed by atoms with E-state index in [4.69, 9.17) is 4.74 Å². The van der Waals surface area contributed by atoms with Gasteiger partial charge in [0.25, 0.3) is 0 Å². The summed E-state index contributed by atoms with van der Waals surface area (Å²) in [6.45, 7) is 2.95. The molecule has 1 amide bonds. The fourth-order valence-corrected chi connectivity index (χ4v) is 3.05. The van der Waals surface area contributed by atoms with Gasteiger partial charge in [0, 0.05) is 26.7 Å². The number of hydrogen-bond donors (Lipinski definition) is 2. The third kappa shape index (κ3) is 7.94. The van der Waals surface area contributed by atoms with Gasteiger partial charge in [-0.1, -0.05) is 25.0 Å². The zero-order valence-corrected chi connectivity index (χ0v) is 19.2. The number of carbonyl (C=O) groups is 1. The van der Waals surface area contributed by atoms with Crippen molar-refractivity contribution in [2.24, 2.45) is 4.99 Å². The summed E-state index contributed by atoms with van der Waals surface area (Å²) < 4.78 is 5.39. The summed E-state index contributed by atoms with van der Waals surface area (Å²) in [5.41, 5.74) is 2.35. The molecule has 1 aromatic rings. The van der Waals surface area contributed by atoms with E-state index in [2.05, 4.69) is 33.8 Å². The van der Waals surface area contributed by atoms with E-state index < -0.39 is 0 Å². The predicted octanol–water partition coefficient (Wildman–Crippen LogP) is 2.73. The number of rotatable bonds is 7. The SMILES string of the molecule is COc1cc(CCNC(=NCC(=O)N(C)C)NC2CCCC2)ccc1C.I. The Bertz CT molecular complexity index is 628. The van der Waals surface area contributed by atoms with Gasteiger partial charge in [0.1, 0.15) is 12.3 Å². The van der Waals surface area contributed by atoms with E-state index in [-0.39, 0.29) is 36.4 Å². The number of amides is 1. The maximum atomic E-state index is 11.8. The van der Waals surface area contributed by atoms with E-state index in [1.54, 1.807) is 26.1 Å². The Morgan fingerprint density at radius 3 is 2.63 bits per heavy atom. The van der Waals surface area contributed by atoms with Gasteiger partial charge in [-0.2, -0.15) is 0 Å². The minimum Gasteiger partial charge on any atom is -0.496 e. The van der Waals surface area contributed by atoms with Gasteiger partial charge in [-0.05, 0) is 43.4 Å². The molecule has 2 N–H and O–H groups in total. The summed E-state index contributed by atoms with van der Waals surface area (Å²) in [5, 5.41) is 6.84. The number of nitrogens with zero attached hydrogens (tertiary/aromatic N) is 2. The normalized spacial score (nSPS) is 14.4. The van der Waals surface area contributed by atoms with Gasteiger partial charge < -0.3 is 20.3 Å². The number of benzene rings is 1. The highest BCUT2D eigenvalue weighted by Crippen LogP contribution is 2.19. The Labute approximate surface area is 180 Å². The molecule has 1 aliphatic carbocycles. The summed E-state index contributed by atoms with van der Waals surface area (Å²) in [6.07, 6.45) is 5.70. The Morgan fingerprint density at radius 1 is 1.30 bits per heavy atom. The van der Waals surface area contributed by atoms with Crippen molar-refractivity contribution in [2.45, 2.75) is 45.1 Å². The number of halogens is 1. The molecule has 6 nitrogen and oxygen atoms in total. The third-order valence-electron chi connectivity index (χ3n) is 4.75. The number of likely N-dealkylation sites (N-methyl/N-ethyl adjacent to an activating group) is 1. The summed E-state index contributed by atoms with van der Waals surface area (Å²) in [4.78, 5) is 17.9. The molecule has 1 aliphatic rings. The highest BCUT2D eigenvalue weighted by Gasteiger charge is 2.16. The molecule has 0 radical (unpaired) electrons. The number of carbonyl (C=O) groups excluding carboxylic acids is 1. The highest BCUT2D eigenvalue weighted by atomic mass is 127. The fourth-order valence-electron chi connectivity index (χ4n) is 3.05. The number of nitrogens with one attached hydrogen (secondary N) is 2. The number of guanidine groups is 1. The van der Waals surface area contributed by atoms with Gasteiger partial charge in [0.05, 0.1) is 7.11 Å².